The van der Waals surface area contributed by atoms with Crippen LogP contribution in [0.1, 0.15) is 19.4 Å². The molecule has 0 atom stereocenters. The van der Waals surface area contributed by atoms with Crippen molar-refractivity contribution in [2.24, 2.45) is 0 Å². The zero-order chi connectivity index (χ0) is 14.3. The summed E-state index contributed by atoms with van der Waals surface area (Å²) < 4.78 is 14.9. The van der Waals surface area contributed by atoms with Gasteiger partial charge in [-0.15, -0.1) is 0 Å². The van der Waals surface area contributed by atoms with E-state index in [1.54, 1.807) is 31.2 Å². The summed E-state index contributed by atoms with van der Waals surface area (Å²) in [5, 5.41) is 0. The molecule has 0 aromatic heterocycles. The monoisotopic (exact) mass is 264 g/mol. The Kier molecular flexibility index (Phi) is 5.60. The third-order valence-electron chi connectivity index (χ3n) is 2.14. The molecular formula is C14H16O5. The molecule has 0 fully saturated rings. The molecule has 0 aliphatic carbocycles. The number of hydrogen-bond donors (Lipinski definition) is 0. The second kappa shape index (κ2) is 7.20. The first kappa shape index (κ1) is 14.8. The van der Waals surface area contributed by atoms with Gasteiger partial charge in [-0.2, -0.15) is 0 Å². The molecule has 0 saturated carbocycles. The van der Waals surface area contributed by atoms with Gasteiger partial charge in [0.05, 0.1) is 13.7 Å². The van der Waals surface area contributed by atoms with Gasteiger partial charge in [-0.25, -0.2) is 4.79 Å². The minimum atomic E-state index is -0.423. The molecule has 0 radical (unpaired) electrons. The Balaban J connectivity index is 2.87. The molecule has 1 rings (SSSR count). The lowest BCUT2D eigenvalue weighted by atomic mass is 10.2. The van der Waals surface area contributed by atoms with Gasteiger partial charge in [-0.1, -0.05) is 6.07 Å². The van der Waals surface area contributed by atoms with Crippen LogP contribution in [0.25, 0.3) is 6.08 Å². The van der Waals surface area contributed by atoms with Crippen LogP contribution >= 0.6 is 0 Å². The van der Waals surface area contributed by atoms with Gasteiger partial charge in [0.2, 0.25) is 0 Å². The second-order valence-electron chi connectivity index (χ2n) is 3.59. The third kappa shape index (κ3) is 4.83. The molecule has 5 heteroatoms. The first-order valence-corrected chi connectivity index (χ1v) is 5.78. The number of benzene rings is 1. The van der Waals surface area contributed by atoms with Crippen LogP contribution in [-0.2, 0) is 14.3 Å². The van der Waals surface area contributed by atoms with E-state index in [1.807, 2.05) is 0 Å². The molecule has 0 saturated heterocycles. The molecule has 0 aliphatic heterocycles. The van der Waals surface area contributed by atoms with Crippen molar-refractivity contribution in [3.63, 3.8) is 0 Å². The molecule has 0 spiro atoms. The Morgan fingerprint density at radius 3 is 2.58 bits per heavy atom. The van der Waals surface area contributed by atoms with E-state index in [0.717, 1.165) is 5.56 Å². The molecular weight excluding hydrogens is 248 g/mol. The fourth-order valence-electron chi connectivity index (χ4n) is 1.38. The number of carbonyl (C=O) groups is 2. The van der Waals surface area contributed by atoms with Gasteiger partial charge < -0.3 is 14.2 Å². The summed E-state index contributed by atoms with van der Waals surface area (Å²) in [6.45, 7) is 3.38. The Morgan fingerprint density at radius 1 is 1.26 bits per heavy atom. The van der Waals surface area contributed by atoms with Crippen LogP contribution in [0.4, 0.5) is 0 Å². The van der Waals surface area contributed by atoms with Crippen LogP contribution < -0.4 is 9.47 Å². The standard InChI is InChI=1S/C14H16O5/c1-4-18-14(16)8-6-11-5-7-12(19-10(2)15)13(9-11)17-3/h5-9H,4H2,1-3H3/b8-6-. The summed E-state index contributed by atoms with van der Waals surface area (Å²) in [6.07, 6.45) is 2.92. The quantitative estimate of drug-likeness (QED) is 0.463. The molecule has 5 nitrogen and oxygen atoms in total. The molecule has 0 N–H and O–H groups in total. The minimum Gasteiger partial charge on any atom is -0.493 e. The molecule has 0 bridgehead atoms. The van der Waals surface area contributed by atoms with E-state index in [9.17, 15) is 9.59 Å². The number of methoxy groups -OCH3 is 1. The van der Waals surface area contributed by atoms with Crippen LogP contribution in [-0.4, -0.2) is 25.7 Å². The van der Waals surface area contributed by atoms with Gasteiger partial charge in [0.15, 0.2) is 11.5 Å². The first-order chi connectivity index (χ1) is 9.06. The maximum atomic E-state index is 11.2. The number of ether oxygens (including phenoxy) is 3. The lowest BCUT2D eigenvalue weighted by Crippen LogP contribution is -2.03. The van der Waals surface area contributed by atoms with E-state index in [4.69, 9.17) is 14.2 Å². The largest absolute Gasteiger partial charge is 0.493 e. The highest BCUT2D eigenvalue weighted by Gasteiger charge is 2.07. The minimum absolute atomic E-state index is 0.331. The molecule has 102 valence electrons. The molecule has 19 heavy (non-hydrogen) atoms. The van der Waals surface area contributed by atoms with E-state index in [-0.39, 0.29) is 0 Å². The molecule has 1 aromatic carbocycles. The molecule has 1 aromatic rings. The maximum Gasteiger partial charge on any atom is 0.330 e. The van der Waals surface area contributed by atoms with Gasteiger partial charge in [0.1, 0.15) is 0 Å². The second-order valence-corrected chi connectivity index (χ2v) is 3.59. The fraction of sp³-hybridized carbons (Fsp3) is 0.286. The summed E-state index contributed by atoms with van der Waals surface area (Å²) in [6, 6.07) is 4.97. The molecule has 0 aliphatic rings. The first-order valence-electron chi connectivity index (χ1n) is 5.78. The van der Waals surface area contributed by atoms with Crippen molar-refractivity contribution < 1.29 is 23.8 Å². The topological polar surface area (TPSA) is 61.8 Å². The van der Waals surface area contributed by atoms with E-state index in [1.165, 1.54) is 20.1 Å². The van der Waals surface area contributed by atoms with Crippen molar-refractivity contribution in [2.75, 3.05) is 13.7 Å². The molecule has 0 amide bonds. The summed E-state index contributed by atoms with van der Waals surface area (Å²) in [7, 11) is 1.47. The van der Waals surface area contributed by atoms with Gasteiger partial charge in [0.25, 0.3) is 0 Å². The van der Waals surface area contributed by atoms with Gasteiger partial charge in [-0.3, -0.25) is 4.79 Å². The SMILES string of the molecule is CCOC(=O)/C=C\c1ccc(OC(C)=O)c(OC)c1. The lowest BCUT2D eigenvalue weighted by molar-refractivity contribution is -0.137. The molecule has 0 unspecified atom stereocenters. The number of esters is 2. The van der Waals surface area contributed by atoms with Crippen LogP contribution in [0.15, 0.2) is 24.3 Å². The average Bonchev–Trinajstić information content (AvgIpc) is 2.37. The Morgan fingerprint density at radius 2 is 2.00 bits per heavy atom. The number of rotatable bonds is 5. The summed E-state index contributed by atoms with van der Waals surface area (Å²) in [5.41, 5.74) is 0.737. The number of hydrogen-bond acceptors (Lipinski definition) is 5. The third-order valence-corrected chi connectivity index (χ3v) is 2.14. The zero-order valence-electron chi connectivity index (χ0n) is 11.1. The van der Waals surface area contributed by atoms with Crippen molar-refractivity contribution in [3.8, 4) is 11.5 Å². The maximum absolute atomic E-state index is 11.2. The molecule has 0 heterocycles. The van der Waals surface area contributed by atoms with E-state index >= 15 is 0 Å². The predicted molar refractivity (Wildman–Crippen MR) is 70.0 cm³/mol. The Labute approximate surface area is 111 Å². The van der Waals surface area contributed by atoms with E-state index < -0.39 is 11.9 Å². The van der Waals surface area contributed by atoms with Crippen molar-refractivity contribution >= 4 is 18.0 Å². The van der Waals surface area contributed by atoms with Crippen molar-refractivity contribution in [3.05, 3.63) is 29.8 Å². The van der Waals surface area contributed by atoms with Crippen LogP contribution in [0.5, 0.6) is 11.5 Å². The van der Waals surface area contributed by atoms with Crippen LogP contribution in [0.3, 0.4) is 0 Å². The smallest absolute Gasteiger partial charge is 0.330 e. The van der Waals surface area contributed by atoms with Crippen molar-refractivity contribution in [1.29, 1.82) is 0 Å². The van der Waals surface area contributed by atoms with Gasteiger partial charge in [-0.05, 0) is 30.7 Å². The fourth-order valence-corrected chi connectivity index (χ4v) is 1.38. The highest BCUT2D eigenvalue weighted by molar-refractivity contribution is 5.87. The highest BCUT2D eigenvalue weighted by Crippen LogP contribution is 2.28. The summed E-state index contributed by atoms with van der Waals surface area (Å²) in [5.74, 6) is -0.0804. The Hall–Kier alpha value is -2.30. The summed E-state index contributed by atoms with van der Waals surface area (Å²) >= 11 is 0. The van der Waals surface area contributed by atoms with Gasteiger partial charge >= 0.3 is 11.9 Å². The zero-order valence-corrected chi connectivity index (χ0v) is 11.1. The van der Waals surface area contributed by atoms with E-state index in [0.29, 0.717) is 18.1 Å². The van der Waals surface area contributed by atoms with Crippen molar-refractivity contribution in [2.45, 2.75) is 13.8 Å². The normalized spacial score (nSPS) is 10.3. The van der Waals surface area contributed by atoms with Gasteiger partial charge in [0, 0.05) is 13.0 Å². The number of carbonyl (C=O) groups excluding carboxylic acids is 2. The lowest BCUT2D eigenvalue weighted by Gasteiger charge is -2.08. The highest BCUT2D eigenvalue weighted by atomic mass is 16.6. The Bertz CT molecular complexity index is 491. The van der Waals surface area contributed by atoms with Crippen LogP contribution in [0.2, 0.25) is 0 Å². The average molecular weight is 264 g/mol. The van der Waals surface area contributed by atoms with Crippen molar-refractivity contribution in [1.82, 2.24) is 0 Å². The van der Waals surface area contributed by atoms with E-state index in [2.05, 4.69) is 0 Å². The van der Waals surface area contributed by atoms with Crippen LogP contribution in [0, 0.1) is 0 Å². The predicted octanol–water partition coefficient (Wildman–Crippen LogP) is 2.20. The summed E-state index contributed by atoms with van der Waals surface area (Å²) in [4.78, 5) is 22.1.